The molecule has 0 aliphatic rings. The summed E-state index contributed by atoms with van der Waals surface area (Å²) in [5, 5.41) is 3.68. The Morgan fingerprint density at radius 1 is 0.829 bits per heavy atom. The van der Waals surface area contributed by atoms with E-state index in [9.17, 15) is 9.59 Å². The highest BCUT2D eigenvalue weighted by molar-refractivity contribution is 7.16. The summed E-state index contributed by atoms with van der Waals surface area (Å²) in [5.41, 5.74) is 3.51. The zero-order valence-corrected chi connectivity index (χ0v) is 22.6. The Bertz CT molecular complexity index is 1110. The van der Waals surface area contributed by atoms with E-state index in [4.69, 9.17) is 23.2 Å². The van der Waals surface area contributed by atoms with Gasteiger partial charge in [-0.2, -0.15) is 0 Å². The van der Waals surface area contributed by atoms with Crippen molar-refractivity contribution in [3.63, 3.8) is 0 Å². The van der Waals surface area contributed by atoms with Crippen molar-refractivity contribution in [2.24, 2.45) is 0 Å². The number of thiophene rings is 1. The molecule has 0 atom stereocenters. The molecule has 1 amide bonds. The number of hydrogen-bond acceptors (Lipinski definition) is 3. The lowest BCUT2D eigenvalue weighted by atomic mass is 10.0. The van der Waals surface area contributed by atoms with E-state index in [2.05, 4.69) is 36.5 Å². The van der Waals surface area contributed by atoms with Gasteiger partial charge in [0.05, 0.1) is 10.6 Å². The van der Waals surface area contributed by atoms with E-state index in [1.807, 2.05) is 6.07 Å². The van der Waals surface area contributed by atoms with Crippen molar-refractivity contribution >= 4 is 51.2 Å². The summed E-state index contributed by atoms with van der Waals surface area (Å²) in [6, 6.07) is 17.7. The number of nitrogens with one attached hydrogen (secondary N) is 1. The number of hydrogen-bond donors (Lipinski definition) is 1. The topological polar surface area (TPSA) is 46.2 Å². The van der Waals surface area contributed by atoms with E-state index in [0.29, 0.717) is 21.2 Å². The van der Waals surface area contributed by atoms with Crippen LogP contribution < -0.4 is 5.32 Å². The maximum Gasteiger partial charge on any atom is 0.239 e. The lowest BCUT2D eigenvalue weighted by Gasteiger charge is -2.05. The number of unbranched alkanes of at least 4 members (excludes halogenated alkanes) is 5. The molecular weight excluding hydrogens is 497 g/mol. The van der Waals surface area contributed by atoms with Gasteiger partial charge in [-0.3, -0.25) is 9.59 Å². The molecule has 0 saturated heterocycles. The van der Waals surface area contributed by atoms with Crippen molar-refractivity contribution in [3.8, 4) is 0 Å². The molecule has 3 nitrogen and oxygen atoms in total. The van der Waals surface area contributed by atoms with Crippen LogP contribution in [-0.4, -0.2) is 17.6 Å². The Kier molecular flexibility index (Phi) is 11.3. The van der Waals surface area contributed by atoms with Gasteiger partial charge in [-0.25, -0.2) is 0 Å². The SMILES string of the molecule is CCCCCCCCc1ccc(CCc2cc(C(=O)c3ccccc3Cl)c(NC(=O)CCl)s2)cc1. The number of benzene rings is 2. The van der Waals surface area contributed by atoms with Crippen LogP contribution in [0.15, 0.2) is 54.6 Å². The number of alkyl halides is 1. The van der Waals surface area contributed by atoms with Crippen LogP contribution in [0.3, 0.4) is 0 Å². The predicted molar refractivity (Wildman–Crippen MR) is 149 cm³/mol. The Labute approximate surface area is 222 Å². The first-order chi connectivity index (χ1) is 17.0. The fourth-order valence-corrected chi connectivity index (χ4v) is 5.38. The molecule has 0 aliphatic carbocycles. The number of anilines is 1. The summed E-state index contributed by atoms with van der Waals surface area (Å²) >= 11 is 13.4. The summed E-state index contributed by atoms with van der Waals surface area (Å²) in [7, 11) is 0. The number of carbonyl (C=O) groups excluding carboxylic acids is 2. The third-order valence-electron chi connectivity index (χ3n) is 6.02. The molecule has 6 heteroatoms. The summed E-state index contributed by atoms with van der Waals surface area (Å²) in [4.78, 5) is 26.2. The van der Waals surface area contributed by atoms with Crippen molar-refractivity contribution in [2.75, 3.05) is 11.2 Å². The molecule has 0 aliphatic heterocycles. The molecule has 2 aromatic carbocycles. The minimum atomic E-state index is -0.339. The zero-order chi connectivity index (χ0) is 25.0. The molecule has 35 heavy (non-hydrogen) atoms. The van der Waals surface area contributed by atoms with Crippen molar-refractivity contribution in [3.05, 3.63) is 86.8 Å². The summed E-state index contributed by atoms with van der Waals surface area (Å²) in [6.45, 7) is 2.25. The number of amides is 1. The average Bonchev–Trinajstić information content (AvgIpc) is 3.27. The van der Waals surface area contributed by atoms with Crippen LogP contribution >= 0.6 is 34.5 Å². The summed E-state index contributed by atoms with van der Waals surface area (Å²) < 4.78 is 0. The Balaban J connectivity index is 1.62. The molecular formula is C29H33Cl2NO2S. The number of carbonyl (C=O) groups is 2. The van der Waals surface area contributed by atoms with Gasteiger partial charge in [0.1, 0.15) is 10.9 Å². The van der Waals surface area contributed by atoms with Crippen molar-refractivity contribution in [2.45, 2.75) is 64.7 Å². The Morgan fingerprint density at radius 2 is 1.49 bits per heavy atom. The van der Waals surface area contributed by atoms with Crippen LogP contribution in [0, 0.1) is 0 Å². The van der Waals surface area contributed by atoms with Gasteiger partial charge < -0.3 is 5.32 Å². The first-order valence-corrected chi connectivity index (χ1v) is 14.1. The van der Waals surface area contributed by atoms with Crippen LogP contribution in [0.4, 0.5) is 5.00 Å². The Morgan fingerprint density at radius 3 is 2.17 bits per heavy atom. The molecule has 3 rings (SSSR count). The molecule has 3 aromatic rings. The van der Waals surface area contributed by atoms with Crippen molar-refractivity contribution < 1.29 is 9.59 Å². The van der Waals surface area contributed by atoms with E-state index in [1.54, 1.807) is 24.3 Å². The lowest BCUT2D eigenvalue weighted by molar-refractivity contribution is -0.113. The van der Waals surface area contributed by atoms with Crippen LogP contribution in [0.25, 0.3) is 0 Å². The largest absolute Gasteiger partial charge is 0.316 e. The maximum absolute atomic E-state index is 13.2. The third-order valence-corrected chi connectivity index (χ3v) is 7.71. The zero-order valence-electron chi connectivity index (χ0n) is 20.2. The third kappa shape index (κ3) is 8.49. The highest BCUT2D eigenvalue weighted by Crippen LogP contribution is 2.32. The highest BCUT2D eigenvalue weighted by atomic mass is 35.5. The van der Waals surface area contributed by atoms with E-state index < -0.39 is 0 Å². The second-order valence-corrected chi connectivity index (χ2v) is 10.6. The smallest absolute Gasteiger partial charge is 0.239 e. The first kappa shape index (κ1) is 27.4. The van der Waals surface area contributed by atoms with Crippen LogP contribution in [0.5, 0.6) is 0 Å². The van der Waals surface area contributed by atoms with Gasteiger partial charge in [0, 0.05) is 10.4 Å². The highest BCUT2D eigenvalue weighted by Gasteiger charge is 2.21. The number of aryl methyl sites for hydroxylation is 3. The number of ketones is 1. The second kappa shape index (κ2) is 14.4. The molecule has 1 aromatic heterocycles. The van der Waals surface area contributed by atoms with Gasteiger partial charge in [0.2, 0.25) is 5.91 Å². The molecule has 0 saturated carbocycles. The maximum atomic E-state index is 13.2. The molecule has 0 radical (unpaired) electrons. The lowest BCUT2D eigenvalue weighted by Crippen LogP contribution is -2.14. The monoisotopic (exact) mass is 529 g/mol. The quantitative estimate of drug-likeness (QED) is 0.129. The molecule has 0 unspecified atom stereocenters. The van der Waals surface area contributed by atoms with Crippen molar-refractivity contribution in [1.29, 1.82) is 0 Å². The fourth-order valence-electron chi connectivity index (χ4n) is 4.03. The summed E-state index contributed by atoms with van der Waals surface area (Å²) in [6.07, 6.45) is 10.6. The molecule has 186 valence electrons. The molecule has 0 spiro atoms. The normalized spacial score (nSPS) is 10.9. The Hall–Kier alpha value is -2.14. The van der Waals surface area contributed by atoms with Gasteiger partial charge in [-0.1, -0.05) is 87.0 Å². The fraction of sp³-hybridized carbons (Fsp3) is 0.379. The van der Waals surface area contributed by atoms with Gasteiger partial charge >= 0.3 is 0 Å². The second-order valence-electron chi connectivity index (χ2n) is 8.78. The average molecular weight is 531 g/mol. The van der Waals surface area contributed by atoms with Crippen LogP contribution in [0.2, 0.25) is 5.02 Å². The molecule has 0 fully saturated rings. The number of halogens is 2. The first-order valence-electron chi connectivity index (χ1n) is 12.4. The van der Waals surface area contributed by atoms with Crippen LogP contribution in [-0.2, 0) is 24.1 Å². The molecule has 0 bridgehead atoms. The van der Waals surface area contributed by atoms with E-state index >= 15 is 0 Å². The van der Waals surface area contributed by atoms with E-state index in [-0.39, 0.29) is 17.6 Å². The molecule has 1 heterocycles. The minimum absolute atomic E-state index is 0.169. The van der Waals surface area contributed by atoms with Gasteiger partial charge in [0.25, 0.3) is 0 Å². The van der Waals surface area contributed by atoms with Crippen molar-refractivity contribution in [1.82, 2.24) is 0 Å². The predicted octanol–water partition coefficient (Wildman–Crippen LogP) is 8.50. The molecule has 1 N–H and O–H groups in total. The van der Waals surface area contributed by atoms with Gasteiger partial charge in [0.15, 0.2) is 5.78 Å². The minimum Gasteiger partial charge on any atom is -0.316 e. The number of rotatable bonds is 14. The van der Waals surface area contributed by atoms with E-state index in [1.165, 1.54) is 61.0 Å². The van der Waals surface area contributed by atoms with Crippen LogP contribution in [0.1, 0.15) is 77.4 Å². The van der Waals surface area contributed by atoms with Gasteiger partial charge in [-0.05, 0) is 55.0 Å². The summed E-state index contributed by atoms with van der Waals surface area (Å²) in [5.74, 6) is -0.714. The standard InChI is InChI=1S/C29H33Cl2NO2S/c1-2-3-4-5-6-7-10-21-13-15-22(16-14-21)17-18-23-19-25(29(35-23)32-27(33)20-30)28(34)24-11-8-9-12-26(24)31/h8-9,11-16,19H,2-7,10,17-18,20H2,1H3,(H,32,33). The van der Waals surface area contributed by atoms with Gasteiger partial charge in [-0.15, -0.1) is 22.9 Å². The van der Waals surface area contributed by atoms with E-state index in [0.717, 1.165) is 24.1 Å².